The first-order chi connectivity index (χ1) is 32.0. The highest BCUT2D eigenvalue weighted by Gasteiger charge is 2.43. The van der Waals surface area contributed by atoms with Crippen LogP contribution in [0.2, 0.25) is 0 Å². The number of amides is 1. The first kappa shape index (κ1) is 54.5. The van der Waals surface area contributed by atoms with Gasteiger partial charge in [0.15, 0.2) is 0 Å². The van der Waals surface area contributed by atoms with Crippen molar-refractivity contribution in [1.29, 1.82) is 0 Å². The van der Waals surface area contributed by atoms with Crippen LogP contribution in [0, 0.1) is 0 Å². The average Bonchev–Trinajstić information content (AvgIpc) is 3.73. The molecule has 2 aromatic rings. The van der Waals surface area contributed by atoms with Crippen LogP contribution in [-0.4, -0.2) is 214 Å². The van der Waals surface area contributed by atoms with E-state index in [1.54, 1.807) is 55.1 Å². The minimum atomic E-state index is -4.26. The Bertz CT molecular complexity index is 1850. The number of aliphatic carboxylic acids is 4. The van der Waals surface area contributed by atoms with E-state index in [1.165, 1.54) is 0 Å². The van der Waals surface area contributed by atoms with Gasteiger partial charge in [-0.2, -0.15) is 14.7 Å². The number of nitrogens with zero attached hydrogens (tertiary/aromatic N) is 6. The second-order valence-electron chi connectivity index (χ2n) is 15.8. The summed E-state index contributed by atoms with van der Waals surface area (Å²) < 4.78 is 17.0. The normalized spacial score (nSPS) is 17.1. The van der Waals surface area contributed by atoms with Crippen molar-refractivity contribution in [1.82, 2.24) is 40.8 Å². The van der Waals surface area contributed by atoms with Gasteiger partial charge in [-0.3, -0.25) is 48.9 Å². The van der Waals surface area contributed by atoms with E-state index in [9.17, 15) is 59.1 Å². The summed E-state index contributed by atoms with van der Waals surface area (Å²) in [6.45, 7) is 2.49. The lowest BCUT2D eigenvalue weighted by molar-refractivity contribution is -0.145. The molecule has 0 spiro atoms. The topological polar surface area (TPSA) is 321 Å². The summed E-state index contributed by atoms with van der Waals surface area (Å²) in [5.74, 6) is -5.40. The van der Waals surface area contributed by atoms with Gasteiger partial charge in [0.1, 0.15) is 11.8 Å². The number of carbonyl (C=O) groups is 5. The second-order valence-corrected chi connectivity index (χ2v) is 17.5. The summed E-state index contributed by atoms with van der Waals surface area (Å²) in [5, 5.41) is 46.0. The first-order valence-electron chi connectivity index (χ1n) is 21.8. The molecule has 0 aliphatic carbocycles. The summed E-state index contributed by atoms with van der Waals surface area (Å²) >= 11 is 0. The van der Waals surface area contributed by atoms with E-state index < -0.39 is 43.6 Å². The zero-order valence-electron chi connectivity index (χ0n) is 37.3. The predicted molar refractivity (Wildman–Crippen MR) is 242 cm³/mol. The number of rotatable bonds is 28. The molecule has 0 aromatic heterocycles. The van der Waals surface area contributed by atoms with E-state index in [0.717, 1.165) is 5.56 Å². The molecule has 372 valence electrons. The fraction of sp³-hybridized carbons (Fsp3) is 0.548. The summed E-state index contributed by atoms with van der Waals surface area (Å²) in [7, 11) is -4.26. The Balaban J connectivity index is 1.11. The number of benzene rings is 2. The van der Waals surface area contributed by atoms with Crippen molar-refractivity contribution in [2.45, 2.75) is 31.2 Å². The Labute approximate surface area is 389 Å². The van der Waals surface area contributed by atoms with Crippen LogP contribution in [0.5, 0.6) is 5.75 Å². The Hall–Kier alpha value is -5.08. The molecule has 2 aliphatic heterocycles. The van der Waals surface area contributed by atoms with E-state index in [2.05, 4.69) is 21.6 Å². The van der Waals surface area contributed by atoms with Crippen molar-refractivity contribution in [2.75, 3.05) is 118 Å². The molecule has 1 amide bonds. The summed E-state index contributed by atoms with van der Waals surface area (Å²) in [5.41, 5.74) is 9.14. The van der Waals surface area contributed by atoms with Gasteiger partial charge in [-0.1, -0.05) is 36.0 Å². The fourth-order valence-corrected chi connectivity index (χ4v) is 8.09. The van der Waals surface area contributed by atoms with Crippen molar-refractivity contribution in [2.24, 2.45) is 0 Å². The largest absolute Gasteiger partial charge is 0.603 e. The highest BCUT2D eigenvalue weighted by molar-refractivity contribution is 7.58. The summed E-state index contributed by atoms with van der Waals surface area (Å²) in [4.78, 5) is 96.5. The molecule has 10 N–H and O–H groups in total. The molecule has 2 aromatic carbocycles. The van der Waals surface area contributed by atoms with Crippen molar-refractivity contribution < 1.29 is 73.3 Å². The molecule has 1 fully saturated rings. The van der Waals surface area contributed by atoms with Gasteiger partial charge in [-0.15, -0.1) is 0 Å². The quantitative estimate of drug-likeness (QED) is 0.0376. The van der Waals surface area contributed by atoms with Gasteiger partial charge in [0.05, 0.1) is 59.2 Å². The van der Waals surface area contributed by atoms with Crippen LogP contribution in [0.4, 0.5) is 0 Å². The molecule has 2 aliphatic rings. The number of carboxylic acids is 4. The zero-order chi connectivity index (χ0) is 48.6. The molecule has 2 atom stereocenters. The maximum atomic E-state index is 12.7. The molecular formula is C42H64N9O15P. The molecular weight excluding hydrogens is 901 g/mol. The monoisotopic (exact) mass is 965 g/mol. The van der Waals surface area contributed by atoms with Crippen LogP contribution in [0.15, 0.2) is 66.5 Å². The lowest BCUT2D eigenvalue weighted by atomic mass is 10.1. The molecule has 0 saturated carbocycles. The molecule has 24 nitrogen and oxygen atoms in total. The number of ether oxygens (including phenoxy) is 3. The Morgan fingerprint density at radius 2 is 1.27 bits per heavy atom. The van der Waals surface area contributed by atoms with Crippen LogP contribution in [0.25, 0.3) is 5.43 Å². The number of nitrogens with one attached hydrogen (secondary N) is 3. The maximum absolute atomic E-state index is 12.7. The van der Waals surface area contributed by atoms with Gasteiger partial charge in [-0.25, -0.2) is 0 Å². The summed E-state index contributed by atoms with van der Waals surface area (Å²) in [6, 6.07) is 14.9. The van der Waals surface area contributed by atoms with Gasteiger partial charge in [0.2, 0.25) is 11.7 Å². The van der Waals surface area contributed by atoms with Crippen LogP contribution < -0.4 is 20.9 Å². The smallest absolute Gasteiger partial charge is 0.427 e. The van der Waals surface area contributed by atoms with Crippen molar-refractivity contribution in [3.05, 3.63) is 83.0 Å². The first-order valence-corrected chi connectivity index (χ1v) is 23.5. The fourth-order valence-electron chi connectivity index (χ4n) is 7.18. The maximum Gasteiger partial charge on any atom is 0.427 e. The molecule has 67 heavy (non-hydrogen) atoms. The Morgan fingerprint density at radius 3 is 1.81 bits per heavy atom. The minimum absolute atomic E-state index is 0.0584. The molecule has 1 saturated heterocycles. The number of hydrogen-bond donors (Lipinski definition) is 10. The third kappa shape index (κ3) is 21.6. The standard InChI is InChI=1S/C42H64N9O15P/c52-37(11-10-36(42(59)60)50-19-17-48(29-39(55)56)15-13-47(28-38(53)54)14-16-49(18-20-50)30-40(57)58)43-12-22-64-24-25-65-23-21-51-27-34(45-46-51)31-66-35-8-6-33(7-9-35)41(67(61,62)63)44-26-32-4-2-1-3-5-32/h1-9,27,36,41,44,46,61-63H,10-26,28-31H2,(H,43,52)(H,53,54)(H,55,56)(H,57,58)(H,59,60). The average molecular weight is 966 g/mol. The highest BCUT2D eigenvalue weighted by atomic mass is 31.2. The highest BCUT2D eigenvalue weighted by Crippen LogP contribution is 2.57. The third-order valence-corrected chi connectivity index (χ3v) is 11.8. The number of hydrazine groups is 1. The lowest BCUT2D eigenvalue weighted by Crippen LogP contribution is -2.52. The van der Waals surface area contributed by atoms with Gasteiger partial charge in [0, 0.05) is 77.4 Å². The van der Waals surface area contributed by atoms with Crippen LogP contribution in [0.3, 0.4) is 0 Å². The summed E-state index contributed by atoms with van der Waals surface area (Å²) in [6.07, 6.45) is 1.59. The van der Waals surface area contributed by atoms with Crippen LogP contribution in [-0.2, 0) is 40.0 Å². The number of carbonyl (C=O) groups excluding carboxylic acids is 1. The molecule has 25 heteroatoms. The third-order valence-electron chi connectivity index (χ3n) is 10.6. The van der Waals surface area contributed by atoms with Crippen molar-refractivity contribution >= 4 is 37.7 Å². The molecule has 0 radical (unpaired) electrons. The van der Waals surface area contributed by atoms with Gasteiger partial charge in [0.25, 0.3) is 0 Å². The van der Waals surface area contributed by atoms with Crippen molar-refractivity contribution in [3.63, 3.8) is 0 Å². The van der Waals surface area contributed by atoms with Crippen molar-refractivity contribution in [3.8, 4) is 5.75 Å². The Morgan fingerprint density at radius 1 is 0.716 bits per heavy atom. The van der Waals surface area contributed by atoms with Crippen LogP contribution in [0.1, 0.15) is 29.8 Å². The predicted octanol–water partition coefficient (Wildman–Crippen LogP) is -0.598. The second kappa shape index (κ2) is 29.0. The number of carboxylic acid groups (broad SMARTS) is 4. The molecule has 2 unspecified atom stereocenters. The lowest BCUT2D eigenvalue weighted by Gasteiger charge is -2.35. The Kier molecular flexibility index (Phi) is 23.6. The van der Waals surface area contributed by atoms with E-state index in [0.29, 0.717) is 36.7 Å². The van der Waals surface area contributed by atoms with Crippen LogP contribution >= 0.6 is 7.94 Å². The van der Waals surface area contributed by atoms with Gasteiger partial charge in [-0.05, 0) is 42.4 Å². The van der Waals surface area contributed by atoms with E-state index in [-0.39, 0.29) is 124 Å². The molecule has 2 heterocycles. The number of hydrogen-bond acceptors (Lipinski definition) is 18. The van der Waals surface area contributed by atoms with Gasteiger partial charge < -0.3 is 55.9 Å². The van der Waals surface area contributed by atoms with E-state index >= 15 is 0 Å². The zero-order valence-corrected chi connectivity index (χ0v) is 38.2. The molecule has 0 bridgehead atoms. The van der Waals surface area contributed by atoms with E-state index in [1.807, 2.05) is 30.3 Å². The minimum Gasteiger partial charge on any atom is -0.603 e. The SMILES string of the molecule is O=C(O)CN1CCN(CC(=O)O)CCN(C(CCC(=O)NCCOCCOCCN2C=C(COc3ccc(C(NCc4ccccc4)[P+](O)(O)O)cc3)[N-]N2)C(=O)O)CCN(CC(=O)O)CC1. The van der Waals surface area contributed by atoms with E-state index in [4.69, 9.17) is 14.2 Å². The molecule has 4 rings (SSSR count). The van der Waals surface area contributed by atoms with Gasteiger partial charge >= 0.3 is 31.8 Å².